The molecule has 0 fully saturated rings. The molecular formula is C16H31N. The fourth-order valence-electron chi connectivity index (χ4n) is 2.84. The summed E-state index contributed by atoms with van der Waals surface area (Å²) in [6, 6.07) is 0. The van der Waals surface area contributed by atoms with Gasteiger partial charge < -0.3 is 0 Å². The van der Waals surface area contributed by atoms with Gasteiger partial charge in [-0.25, -0.2) is 0 Å². The van der Waals surface area contributed by atoms with Gasteiger partial charge in [-0.1, -0.05) is 59.6 Å². The van der Waals surface area contributed by atoms with Gasteiger partial charge in [0.2, 0.25) is 0 Å². The molecule has 1 rings (SSSR count). The average molecular weight is 237 g/mol. The average Bonchev–Trinajstić information content (AvgIpc) is 2.15. The summed E-state index contributed by atoms with van der Waals surface area (Å²) < 4.78 is 0. The minimum Gasteiger partial charge on any atom is -0.299 e. The Morgan fingerprint density at radius 1 is 0.941 bits per heavy atom. The van der Waals surface area contributed by atoms with Crippen molar-refractivity contribution in [2.45, 2.75) is 61.3 Å². The summed E-state index contributed by atoms with van der Waals surface area (Å²) in [6.07, 6.45) is 2.53. The molecule has 0 N–H and O–H groups in total. The summed E-state index contributed by atoms with van der Waals surface area (Å²) in [7, 11) is 0. The third kappa shape index (κ3) is 3.84. The van der Waals surface area contributed by atoms with Crippen molar-refractivity contribution in [1.82, 2.24) is 4.90 Å². The van der Waals surface area contributed by atoms with E-state index < -0.39 is 0 Å². The van der Waals surface area contributed by atoms with Crippen molar-refractivity contribution < 1.29 is 0 Å². The van der Waals surface area contributed by atoms with Crippen LogP contribution in [0.1, 0.15) is 61.3 Å². The van der Waals surface area contributed by atoms with E-state index in [1.54, 1.807) is 11.1 Å². The molecule has 1 aliphatic rings. The van der Waals surface area contributed by atoms with Gasteiger partial charge in [0.15, 0.2) is 0 Å². The minimum atomic E-state index is 0.315. The Morgan fingerprint density at radius 3 is 1.88 bits per heavy atom. The molecule has 17 heavy (non-hydrogen) atoms. The van der Waals surface area contributed by atoms with E-state index in [4.69, 9.17) is 0 Å². The van der Waals surface area contributed by atoms with Gasteiger partial charge in [0.1, 0.15) is 0 Å². The van der Waals surface area contributed by atoms with E-state index in [-0.39, 0.29) is 0 Å². The molecule has 0 atom stereocenters. The first-order chi connectivity index (χ1) is 7.66. The van der Waals surface area contributed by atoms with Crippen molar-refractivity contribution in [3.8, 4) is 0 Å². The lowest BCUT2D eigenvalue weighted by molar-refractivity contribution is 0.244. The van der Waals surface area contributed by atoms with E-state index in [2.05, 4.69) is 53.4 Å². The topological polar surface area (TPSA) is 3.24 Å². The third-order valence-corrected chi connectivity index (χ3v) is 3.77. The fourth-order valence-corrected chi connectivity index (χ4v) is 2.84. The van der Waals surface area contributed by atoms with Gasteiger partial charge in [-0.15, -0.1) is 0 Å². The molecule has 0 saturated heterocycles. The van der Waals surface area contributed by atoms with Crippen LogP contribution in [-0.4, -0.2) is 24.5 Å². The van der Waals surface area contributed by atoms with E-state index in [0.29, 0.717) is 10.8 Å². The van der Waals surface area contributed by atoms with Crippen LogP contribution in [0.5, 0.6) is 0 Å². The summed E-state index contributed by atoms with van der Waals surface area (Å²) in [5.41, 5.74) is 4.04. The molecular weight excluding hydrogens is 206 g/mol. The number of hydrogen-bond donors (Lipinski definition) is 0. The normalized spacial score (nSPS) is 19.9. The SMILES string of the molecule is CCCN1CCC(C(C)(C)C)=C(C(C)(C)C)C1. The summed E-state index contributed by atoms with van der Waals surface area (Å²) in [5.74, 6) is 0. The summed E-state index contributed by atoms with van der Waals surface area (Å²) >= 11 is 0. The molecule has 1 nitrogen and oxygen atoms in total. The summed E-state index contributed by atoms with van der Waals surface area (Å²) in [5, 5.41) is 0. The minimum absolute atomic E-state index is 0.315. The van der Waals surface area contributed by atoms with Gasteiger partial charge in [0.25, 0.3) is 0 Å². The molecule has 0 spiro atoms. The monoisotopic (exact) mass is 237 g/mol. The fraction of sp³-hybridized carbons (Fsp3) is 0.875. The second-order valence-corrected chi connectivity index (χ2v) is 7.48. The van der Waals surface area contributed by atoms with E-state index in [0.717, 1.165) is 0 Å². The van der Waals surface area contributed by atoms with Crippen molar-refractivity contribution >= 4 is 0 Å². The Hall–Kier alpha value is -0.300. The molecule has 1 aliphatic heterocycles. The molecule has 0 unspecified atom stereocenters. The lowest BCUT2D eigenvalue weighted by Crippen LogP contribution is -2.38. The maximum Gasteiger partial charge on any atom is 0.0201 e. The number of nitrogens with zero attached hydrogens (tertiary/aromatic N) is 1. The highest BCUT2D eigenvalue weighted by molar-refractivity contribution is 5.28. The quantitative estimate of drug-likeness (QED) is 0.640. The smallest absolute Gasteiger partial charge is 0.0201 e. The lowest BCUT2D eigenvalue weighted by atomic mass is 9.72. The first-order valence-corrected chi connectivity index (χ1v) is 7.11. The second-order valence-electron chi connectivity index (χ2n) is 7.48. The Kier molecular flexibility index (Phi) is 4.46. The van der Waals surface area contributed by atoms with Gasteiger partial charge in [-0.2, -0.15) is 0 Å². The van der Waals surface area contributed by atoms with E-state index in [1.165, 1.54) is 32.5 Å². The Labute approximate surface area is 108 Å². The van der Waals surface area contributed by atoms with Crippen LogP contribution in [0.15, 0.2) is 11.1 Å². The first kappa shape index (κ1) is 14.8. The molecule has 0 aromatic rings. The largest absolute Gasteiger partial charge is 0.299 e. The summed E-state index contributed by atoms with van der Waals surface area (Å²) in [4.78, 5) is 2.62. The molecule has 0 aliphatic carbocycles. The molecule has 0 amide bonds. The van der Waals surface area contributed by atoms with E-state index in [1.807, 2.05) is 0 Å². The Balaban J connectivity index is 3.03. The van der Waals surface area contributed by atoms with Crippen molar-refractivity contribution in [3.63, 3.8) is 0 Å². The van der Waals surface area contributed by atoms with Crippen LogP contribution < -0.4 is 0 Å². The first-order valence-electron chi connectivity index (χ1n) is 7.11. The van der Waals surface area contributed by atoms with Crippen LogP contribution in [0.3, 0.4) is 0 Å². The molecule has 0 radical (unpaired) electrons. The molecule has 1 heterocycles. The number of rotatable bonds is 2. The van der Waals surface area contributed by atoms with Crippen LogP contribution in [0.25, 0.3) is 0 Å². The molecule has 0 aromatic carbocycles. The van der Waals surface area contributed by atoms with Crippen molar-refractivity contribution in [3.05, 3.63) is 11.1 Å². The Morgan fingerprint density at radius 2 is 1.47 bits per heavy atom. The molecule has 1 heteroatoms. The highest BCUT2D eigenvalue weighted by Crippen LogP contribution is 2.40. The van der Waals surface area contributed by atoms with Gasteiger partial charge in [-0.05, 0) is 30.2 Å². The number of hydrogen-bond acceptors (Lipinski definition) is 1. The standard InChI is InChI=1S/C16H31N/c1-8-10-17-11-9-13(15(2,3)4)14(12-17)16(5,6)7/h8-12H2,1-7H3. The molecule has 100 valence electrons. The van der Waals surface area contributed by atoms with Gasteiger partial charge in [0, 0.05) is 13.1 Å². The van der Waals surface area contributed by atoms with Gasteiger partial charge in [0.05, 0.1) is 0 Å². The predicted octanol–water partition coefficient (Wildman–Crippen LogP) is 4.49. The van der Waals surface area contributed by atoms with Crippen LogP contribution in [0.2, 0.25) is 0 Å². The third-order valence-electron chi connectivity index (χ3n) is 3.77. The molecule has 0 saturated carbocycles. The van der Waals surface area contributed by atoms with Crippen molar-refractivity contribution in [2.24, 2.45) is 10.8 Å². The van der Waals surface area contributed by atoms with Gasteiger partial charge in [-0.3, -0.25) is 4.90 Å². The van der Waals surface area contributed by atoms with Crippen LogP contribution in [-0.2, 0) is 0 Å². The van der Waals surface area contributed by atoms with E-state index in [9.17, 15) is 0 Å². The Bertz CT molecular complexity index is 286. The predicted molar refractivity (Wildman–Crippen MR) is 77.3 cm³/mol. The van der Waals surface area contributed by atoms with Crippen molar-refractivity contribution in [1.29, 1.82) is 0 Å². The highest BCUT2D eigenvalue weighted by Gasteiger charge is 2.31. The molecule has 0 bridgehead atoms. The zero-order valence-electron chi connectivity index (χ0n) is 13.0. The maximum atomic E-state index is 2.62. The van der Waals surface area contributed by atoms with E-state index >= 15 is 0 Å². The lowest BCUT2D eigenvalue weighted by Gasteiger charge is -2.41. The van der Waals surface area contributed by atoms with Gasteiger partial charge >= 0.3 is 0 Å². The zero-order valence-corrected chi connectivity index (χ0v) is 13.0. The summed E-state index contributed by atoms with van der Waals surface area (Å²) in [6.45, 7) is 20.1. The zero-order chi connectivity index (χ0) is 13.3. The second kappa shape index (κ2) is 5.14. The van der Waals surface area contributed by atoms with Crippen LogP contribution in [0, 0.1) is 10.8 Å². The van der Waals surface area contributed by atoms with Crippen molar-refractivity contribution in [2.75, 3.05) is 19.6 Å². The van der Waals surface area contributed by atoms with Crippen LogP contribution >= 0.6 is 0 Å². The maximum absolute atomic E-state index is 2.62. The molecule has 0 aromatic heterocycles. The van der Waals surface area contributed by atoms with Crippen LogP contribution in [0.4, 0.5) is 0 Å². The highest BCUT2D eigenvalue weighted by atomic mass is 15.1.